The maximum atomic E-state index is 5.15. The normalized spacial score (nSPS) is 22.2. The minimum atomic E-state index is 0.383. The van der Waals surface area contributed by atoms with Crippen LogP contribution in [0.1, 0.15) is 81.0 Å². The Bertz CT molecular complexity index is 829. The summed E-state index contributed by atoms with van der Waals surface area (Å²) >= 11 is 1.95. The van der Waals surface area contributed by atoms with E-state index in [9.17, 15) is 0 Å². The molecule has 4 nitrogen and oxygen atoms in total. The Kier molecular flexibility index (Phi) is 5.31. The zero-order valence-corrected chi connectivity index (χ0v) is 18.4. The van der Waals surface area contributed by atoms with Gasteiger partial charge in [-0.15, -0.1) is 11.3 Å². The minimum Gasteiger partial charge on any atom is -0.356 e. The SMILES string of the molecule is CC(C)c1nc(N2CCC(N3CCCCC3)CC2)c2c3c(sc2n1)CCCC3. The fourth-order valence-corrected chi connectivity index (χ4v) is 6.63. The zero-order chi connectivity index (χ0) is 19.1. The van der Waals surface area contributed by atoms with Crippen LogP contribution in [0.2, 0.25) is 0 Å². The van der Waals surface area contributed by atoms with E-state index >= 15 is 0 Å². The van der Waals surface area contributed by atoms with Gasteiger partial charge in [-0.05, 0) is 70.0 Å². The Hall–Kier alpha value is -1.20. The third-order valence-corrected chi connectivity index (χ3v) is 8.19. The number of nitrogens with zero attached hydrogens (tertiary/aromatic N) is 4. The molecule has 3 aliphatic rings. The van der Waals surface area contributed by atoms with E-state index in [4.69, 9.17) is 9.97 Å². The first-order valence-electron chi connectivity index (χ1n) is 11.5. The van der Waals surface area contributed by atoms with Gasteiger partial charge in [0.05, 0.1) is 5.39 Å². The van der Waals surface area contributed by atoms with Crippen LogP contribution in [-0.2, 0) is 12.8 Å². The molecule has 1 aliphatic carbocycles. The lowest BCUT2D eigenvalue weighted by Gasteiger charge is -2.40. The van der Waals surface area contributed by atoms with Gasteiger partial charge in [0.2, 0.25) is 0 Å². The average Bonchev–Trinajstić information content (AvgIpc) is 3.12. The van der Waals surface area contributed by atoms with Crippen LogP contribution in [0.15, 0.2) is 0 Å². The van der Waals surface area contributed by atoms with E-state index in [1.807, 2.05) is 11.3 Å². The van der Waals surface area contributed by atoms with Gasteiger partial charge in [-0.3, -0.25) is 0 Å². The van der Waals surface area contributed by atoms with Crippen molar-refractivity contribution in [2.45, 2.75) is 83.6 Å². The molecule has 2 aliphatic heterocycles. The molecule has 0 spiro atoms. The highest BCUT2D eigenvalue weighted by molar-refractivity contribution is 7.19. The number of piperidine rings is 2. The van der Waals surface area contributed by atoms with E-state index < -0.39 is 0 Å². The van der Waals surface area contributed by atoms with Crippen LogP contribution >= 0.6 is 11.3 Å². The van der Waals surface area contributed by atoms with Crippen molar-refractivity contribution >= 4 is 27.4 Å². The van der Waals surface area contributed by atoms with Gasteiger partial charge in [-0.1, -0.05) is 20.3 Å². The first-order chi connectivity index (χ1) is 13.7. The number of hydrogen-bond acceptors (Lipinski definition) is 5. The number of aryl methyl sites for hydroxylation is 2. The molecule has 0 unspecified atom stereocenters. The second kappa shape index (κ2) is 7.91. The van der Waals surface area contributed by atoms with Crippen LogP contribution < -0.4 is 4.90 Å². The van der Waals surface area contributed by atoms with Gasteiger partial charge in [0.1, 0.15) is 16.5 Å². The monoisotopic (exact) mass is 398 g/mol. The number of likely N-dealkylation sites (tertiary alicyclic amines) is 1. The molecule has 0 aromatic carbocycles. The molecule has 0 saturated carbocycles. The molecule has 2 fully saturated rings. The smallest absolute Gasteiger partial charge is 0.141 e. The predicted molar refractivity (Wildman–Crippen MR) is 119 cm³/mol. The Balaban J connectivity index is 1.45. The highest BCUT2D eigenvalue weighted by Gasteiger charge is 2.29. The number of aromatic nitrogens is 2. The molecule has 0 bridgehead atoms. The molecule has 0 atom stereocenters. The predicted octanol–water partition coefficient (Wildman–Crippen LogP) is 5.15. The highest BCUT2D eigenvalue weighted by Crippen LogP contribution is 2.41. The van der Waals surface area contributed by atoms with Gasteiger partial charge >= 0.3 is 0 Å². The molecule has 2 aromatic rings. The van der Waals surface area contributed by atoms with E-state index in [0.29, 0.717) is 5.92 Å². The summed E-state index contributed by atoms with van der Waals surface area (Å²) < 4.78 is 0. The van der Waals surface area contributed by atoms with Gasteiger partial charge in [-0.2, -0.15) is 0 Å². The summed E-state index contributed by atoms with van der Waals surface area (Å²) in [4.78, 5) is 18.3. The van der Waals surface area contributed by atoms with E-state index in [1.165, 1.54) is 86.9 Å². The lowest BCUT2D eigenvalue weighted by atomic mass is 9.96. The molecule has 2 aromatic heterocycles. The van der Waals surface area contributed by atoms with Crippen molar-refractivity contribution in [1.29, 1.82) is 0 Å². The van der Waals surface area contributed by atoms with Crippen LogP contribution in [0.3, 0.4) is 0 Å². The zero-order valence-electron chi connectivity index (χ0n) is 17.5. The van der Waals surface area contributed by atoms with Gasteiger partial charge in [0, 0.05) is 29.9 Å². The summed E-state index contributed by atoms with van der Waals surface area (Å²) in [6.45, 7) is 9.38. The van der Waals surface area contributed by atoms with Crippen molar-refractivity contribution in [2.75, 3.05) is 31.1 Å². The molecular formula is C23H34N4S. The average molecular weight is 399 g/mol. The van der Waals surface area contributed by atoms with E-state index in [1.54, 1.807) is 10.4 Å². The first kappa shape index (κ1) is 18.8. The second-order valence-electron chi connectivity index (χ2n) is 9.27. The van der Waals surface area contributed by atoms with Crippen LogP contribution in [0, 0.1) is 0 Å². The maximum absolute atomic E-state index is 5.15. The molecule has 28 heavy (non-hydrogen) atoms. The summed E-state index contributed by atoms with van der Waals surface area (Å²) in [6, 6.07) is 0.787. The molecule has 152 valence electrons. The van der Waals surface area contributed by atoms with E-state index in [2.05, 4.69) is 23.6 Å². The van der Waals surface area contributed by atoms with E-state index in [-0.39, 0.29) is 0 Å². The molecular weight excluding hydrogens is 364 g/mol. The second-order valence-corrected chi connectivity index (χ2v) is 10.3. The van der Waals surface area contributed by atoms with E-state index in [0.717, 1.165) is 25.0 Å². The largest absolute Gasteiger partial charge is 0.356 e. The Labute approximate surface area is 173 Å². The van der Waals surface area contributed by atoms with Gasteiger partial charge in [-0.25, -0.2) is 9.97 Å². The Morgan fingerprint density at radius 1 is 0.893 bits per heavy atom. The van der Waals surface area contributed by atoms with Crippen molar-refractivity contribution in [3.05, 3.63) is 16.3 Å². The third kappa shape index (κ3) is 3.45. The number of hydrogen-bond donors (Lipinski definition) is 0. The number of fused-ring (bicyclic) bond motifs is 3. The van der Waals surface area contributed by atoms with Crippen LogP contribution in [0.25, 0.3) is 10.2 Å². The maximum Gasteiger partial charge on any atom is 0.141 e. The van der Waals surface area contributed by atoms with Crippen molar-refractivity contribution < 1.29 is 0 Å². The molecule has 2 saturated heterocycles. The summed E-state index contributed by atoms with van der Waals surface area (Å²) in [5, 5.41) is 1.40. The Morgan fingerprint density at radius 2 is 1.64 bits per heavy atom. The standard InChI is InChI=1S/C23H34N4S/c1-16(2)21-24-22(20-18-8-4-5-9-19(18)28-23(20)25-21)27-14-10-17(11-15-27)26-12-6-3-7-13-26/h16-17H,3-15H2,1-2H3. The molecule has 0 radical (unpaired) electrons. The lowest BCUT2D eigenvalue weighted by Crippen LogP contribution is -2.47. The third-order valence-electron chi connectivity index (χ3n) is 7.00. The van der Waals surface area contributed by atoms with Crippen molar-refractivity contribution in [1.82, 2.24) is 14.9 Å². The van der Waals surface area contributed by atoms with Gasteiger partial charge < -0.3 is 9.80 Å². The van der Waals surface area contributed by atoms with Gasteiger partial charge in [0.25, 0.3) is 0 Å². The summed E-state index contributed by atoms with van der Waals surface area (Å²) in [5.74, 6) is 2.66. The number of rotatable bonds is 3. The molecule has 0 amide bonds. The van der Waals surface area contributed by atoms with Crippen molar-refractivity contribution in [3.8, 4) is 0 Å². The van der Waals surface area contributed by atoms with Crippen LogP contribution in [0.4, 0.5) is 5.82 Å². The number of anilines is 1. The molecule has 4 heterocycles. The quantitative estimate of drug-likeness (QED) is 0.716. The molecule has 0 N–H and O–H groups in total. The summed E-state index contributed by atoms with van der Waals surface area (Å²) in [5.41, 5.74) is 1.58. The van der Waals surface area contributed by atoms with Crippen molar-refractivity contribution in [3.63, 3.8) is 0 Å². The van der Waals surface area contributed by atoms with Gasteiger partial charge in [0.15, 0.2) is 0 Å². The fraction of sp³-hybridized carbons (Fsp3) is 0.739. The Morgan fingerprint density at radius 3 is 2.39 bits per heavy atom. The fourth-order valence-electron chi connectivity index (χ4n) is 5.37. The lowest BCUT2D eigenvalue weighted by molar-refractivity contribution is 0.141. The van der Waals surface area contributed by atoms with Crippen molar-refractivity contribution in [2.24, 2.45) is 0 Å². The molecule has 5 heteroatoms. The molecule has 5 rings (SSSR count). The first-order valence-corrected chi connectivity index (χ1v) is 12.3. The van der Waals surface area contributed by atoms with Crippen LogP contribution in [-0.4, -0.2) is 47.1 Å². The van der Waals surface area contributed by atoms with Crippen LogP contribution in [0.5, 0.6) is 0 Å². The summed E-state index contributed by atoms with van der Waals surface area (Å²) in [7, 11) is 0. The number of thiophene rings is 1. The topological polar surface area (TPSA) is 32.3 Å². The highest BCUT2D eigenvalue weighted by atomic mass is 32.1. The minimum absolute atomic E-state index is 0.383. The summed E-state index contributed by atoms with van der Waals surface area (Å²) in [6.07, 6.45) is 11.9.